The molecular weight excluding hydrogens is 231 g/mol. The molecule has 4 radical (unpaired) electrons. The van der Waals surface area contributed by atoms with Gasteiger partial charge in [-0.05, 0) is 0 Å². The summed E-state index contributed by atoms with van der Waals surface area (Å²) in [5.41, 5.74) is 0. The Morgan fingerprint density at radius 3 is 1.00 bits per heavy atom. The number of hydrogen-bond donors (Lipinski definition) is 0. The maximum absolute atomic E-state index is 0. The second-order valence-electron chi connectivity index (χ2n) is 0. The van der Waals surface area contributed by atoms with Crippen LogP contribution in [-0.2, 0) is 40.5 Å². The van der Waals surface area contributed by atoms with E-state index in [1.54, 1.807) is 0 Å². The van der Waals surface area contributed by atoms with Gasteiger partial charge in [0.15, 0.2) is 0 Å². The summed E-state index contributed by atoms with van der Waals surface area (Å²) in [5.74, 6) is 0. The second-order valence-corrected chi connectivity index (χ2v) is 0. The first-order valence-corrected chi connectivity index (χ1v) is 0. The van der Waals surface area contributed by atoms with Gasteiger partial charge in [-0.2, -0.15) is 0 Å². The van der Waals surface area contributed by atoms with Gasteiger partial charge in [-0.25, -0.2) is 0 Å². The summed E-state index contributed by atoms with van der Waals surface area (Å²) in [4.78, 5) is 0. The number of rotatable bonds is 0. The van der Waals surface area contributed by atoms with Crippen molar-refractivity contribution in [3.8, 4) is 0 Å². The Morgan fingerprint density at radius 2 is 1.00 bits per heavy atom. The van der Waals surface area contributed by atoms with Crippen molar-refractivity contribution in [1.29, 1.82) is 0 Å². The average molecular weight is 231 g/mol. The molecule has 0 aliphatic rings. The molecule has 4 heavy (non-hydrogen) atoms. The summed E-state index contributed by atoms with van der Waals surface area (Å²) < 4.78 is 0. The summed E-state index contributed by atoms with van der Waals surface area (Å²) in [5, 5.41) is 0. The standard InChI is InChI=1S/K.Mo.P.Zn. The van der Waals surface area contributed by atoms with Crippen molar-refractivity contribution in [3.05, 3.63) is 0 Å². The molecular formula is KMoPZn. The molecule has 0 amide bonds. The first kappa shape index (κ1) is 26.3. The minimum Gasteiger partial charge on any atom is 0 e. The third-order valence-electron chi connectivity index (χ3n) is 0. The minimum atomic E-state index is 0. The van der Waals surface area contributed by atoms with E-state index < -0.39 is 0 Å². The van der Waals surface area contributed by atoms with Crippen LogP contribution >= 0.6 is 9.90 Å². The molecule has 0 spiro atoms. The van der Waals surface area contributed by atoms with Crippen LogP contribution in [0.3, 0.4) is 0 Å². The van der Waals surface area contributed by atoms with Crippen molar-refractivity contribution in [3.63, 3.8) is 0 Å². The van der Waals surface area contributed by atoms with E-state index in [0.717, 1.165) is 0 Å². The van der Waals surface area contributed by atoms with Gasteiger partial charge in [0.2, 0.25) is 0 Å². The van der Waals surface area contributed by atoms with Crippen molar-refractivity contribution >= 4 is 61.3 Å². The quantitative estimate of drug-likeness (QED) is 0.420. The van der Waals surface area contributed by atoms with Gasteiger partial charge in [0.25, 0.3) is 0 Å². The zero-order valence-corrected chi connectivity index (χ0v) is 11.6. The van der Waals surface area contributed by atoms with Crippen molar-refractivity contribution < 1.29 is 40.5 Å². The van der Waals surface area contributed by atoms with Gasteiger partial charge in [-0.3, -0.25) is 0 Å². The zero-order valence-electron chi connectivity index (χ0n) is 2.56. The average Bonchev–Trinajstić information content (AvgIpc) is 0. The van der Waals surface area contributed by atoms with Gasteiger partial charge in [0, 0.05) is 102 Å². The molecule has 0 saturated carbocycles. The molecule has 0 aromatic heterocycles. The Hall–Kier alpha value is 3.38. The minimum absolute atomic E-state index is 0. The van der Waals surface area contributed by atoms with Crippen LogP contribution in [0.1, 0.15) is 0 Å². The van der Waals surface area contributed by atoms with Crippen LogP contribution in [0.25, 0.3) is 0 Å². The topological polar surface area (TPSA) is 0 Å². The molecule has 0 N–H and O–H groups in total. The van der Waals surface area contributed by atoms with Gasteiger partial charge < -0.3 is 0 Å². The Bertz CT molecular complexity index is 8.00. The third-order valence-corrected chi connectivity index (χ3v) is 0. The van der Waals surface area contributed by atoms with Crippen LogP contribution in [0.4, 0.5) is 0 Å². The first-order chi connectivity index (χ1) is 0. The fourth-order valence-corrected chi connectivity index (χ4v) is 0. The van der Waals surface area contributed by atoms with E-state index in [2.05, 4.69) is 0 Å². The molecule has 0 atom stereocenters. The van der Waals surface area contributed by atoms with Crippen LogP contribution in [0, 0.1) is 0 Å². The summed E-state index contributed by atoms with van der Waals surface area (Å²) in [7, 11) is 0. The number of hydrogen-bond acceptors (Lipinski definition) is 0. The Labute approximate surface area is 99.3 Å². The summed E-state index contributed by atoms with van der Waals surface area (Å²) in [6, 6.07) is 0. The van der Waals surface area contributed by atoms with Crippen LogP contribution in [0.15, 0.2) is 0 Å². The van der Waals surface area contributed by atoms with Gasteiger partial charge in [0.05, 0.1) is 0 Å². The van der Waals surface area contributed by atoms with E-state index in [9.17, 15) is 0 Å². The van der Waals surface area contributed by atoms with E-state index in [1.807, 2.05) is 0 Å². The molecule has 0 bridgehead atoms. The van der Waals surface area contributed by atoms with Crippen LogP contribution in [0.5, 0.6) is 0 Å². The van der Waals surface area contributed by atoms with E-state index in [0.29, 0.717) is 0 Å². The Kier molecular flexibility index (Phi) is 106. The third kappa shape index (κ3) is 9.03. The van der Waals surface area contributed by atoms with Crippen LogP contribution in [-0.4, -0.2) is 51.4 Å². The van der Waals surface area contributed by atoms with Gasteiger partial charge >= 0.3 is 0 Å². The van der Waals surface area contributed by atoms with E-state index >= 15 is 0 Å². The SMILES string of the molecule is [K].[Mo].[P].[Zn]. The Morgan fingerprint density at radius 1 is 1.00 bits per heavy atom. The van der Waals surface area contributed by atoms with Gasteiger partial charge in [-0.1, -0.05) is 0 Å². The predicted octanol–water partition coefficient (Wildman–Crippen LogP) is 0.475. The molecule has 0 rings (SSSR count). The predicted molar refractivity (Wildman–Crippen MR) is 12.7 cm³/mol. The molecule has 0 aliphatic heterocycles. The molecule has 0 fully saturated rings. The van der Waals surface area contributed by atoms with E-state index in [1.165, 1.54) is 0 Å². The van der Waals surface area contributed by atoms with Crippen LogP contribution < -0.4 is 0 Å². The van der Waals surface area contributed by atoms with Crippen LogP contribution in [0.2, 0.25) is 0 Å². The van der Waals surface area contributed by atoms with Crippen molar-refractivity contribution in [2.24, 2.45) is 0 Å². The Balaban J connectivity index is 0. The fourth-order valence-electron chi connectivity index (χ4n) is 0. The molecule has 14 valence electrons. The van der Waals surface area contributed by atoms with E-state index in [4.69, 9.17) is 0 Å². The van der Waals surface area contributed by atoms with Crippen molar-refractivity contribution in [1.82, 2.24) is 0 Å². The van der Waals surface area contributed by atoms with Crippen molar-refractivity contribution in [2.45, 2.75) is 0 Å². The monoisotopic (exact) mass is 232 g/mol. The zero-order chi connectivity index (χ0) is 0. The first-order valence-electron chi connectivity index (χ1n) is 0. The molecule has 0 unspecified atom stereocenters. The molecule has 0 heterocycles. The molecule has 0 aromatic carbocycles. The second kappa shape index (κ2) is 16.2. The molecule has 0 aliphatic carbocycles. The maximum Gasteiger partial charge on any atom is 0 e. The smallest absolute Gasteiger partial charge is 0 e. The maximum atomic E-state index is 0. The van der Waals surface area contributed by atoms with Crippen molar-refractivity contribution in [2.75, 3.05) is 0 Å². The molecule has 4 heteroatoms. The van der Waals surface area contributed by atoms with Gasteiger partial charge in [-0.15, -0.1) is 0 Å². The van der Waals surface area contributed by atoms with E-state index in [-0.39, 0.29) is 102 Å². The molecule has 0 saturated heterocycles. The molecule has 0 aromatic rings. The molecule has 0 nitrogen and oxygen atoms in total. The summed E-state index contributed by atoms with van der Waals surface area (Å²) in [6.45, 7) is 0. The summed E-state index contributed by atoms with van der Waals surface area (Å²) in [6.07, 6.45) is 0. The van der Waals surface area contributed by atoms with Gasteiger partial charge in [0.1, 0.15) is 0 Å². The largest absolute Gasteiger partial charge is 0 e. The normalized spacial score (nSPS) is 0. The fraction of sp³-hybridized carbons (Fsp3) is 0. The summed E-state index contributed by atoms with van der Waals surface area (Å²) >= 11 is 0.